The van der Waals surface area contributed by atoms with E-state index < -0.39 is 0 Å². The molecule has 1 fully saturated rings. The maximum atomic E-state index is 11.7. The summed E-state index contributed by atoms with van der Waals surface area (Å²) in [6.45, 7) is 8.90. The minimum absolute atomic E-state index is 0.143. The van der Waals surface area contributed by atoms with Crippen molar-refractivity contribution in [3.63, 3.8) is 0 Å². The van der Waals surface area contributed by atoms with Gasteiger partial charge in [-0.05, 0) is 14.1 Å². The van der Waals surface area contributed by atoms with Gasteiger partial charge in [0.1, 0.15) is 0 Å². The average Bonchev–Trinajstić information content (AvgIpc) is 2.30. The summed E-state index contributed by atoms with van der Waals surface area (Å²) in [5.41, 5.74) is 0. The molecule has 0 saturated carbocycles. The van der Waals surface area contributed by atoms with Gasteiger partial charge in [-0.25, -0.2) is 0 Å². The number of hydrogen-bond donors (Lipinski definition) is 2. The van der Waals surface area contributed by atoms with Crippen molar-refractivity contribution in [1.82, 2.24) is 20.4 Å². The highest BCUT2D eigenvalue weighted by Crippen LogP contribution is 2.04. The monoisotopic (exact) mass is 256 g/mol. The quantitative estimate of drug-likeness (QED) is 0.687. The van der Waals surface area contributed by atoms with Gasteiger partial charge in [0.25, 0.3) is 0 Å². The van der Waals surface area contributed by atoms with Crippen LogP contribution in [0.3, 0.4) is 0 Å². The van der Waals surface area contributed by atoms with Crippen molar-refractivity contribution >= 4 is 5.91 Å². The fraction of sp³-hybridized carbons (Fsp3) is 0.923. The number of carbonyl (C=O) groups is 1. The van der Waals surface area contributed by atoms with Crippen molar-refractivity contribution in [1.29, 1.82) is 0 Å². The van der Waals surface area contributed by atoms with Crippen molar-refractivity contribution < 1.29 is 4.79 Å². The smallest absolute Gasteiger partial charge is 0.221 e. The molecule has 1 heterocycles. The molecule has 0 aromatic rings. The summed E-state index contributed by atoms with van der Waals surface area (Å²) in [6.07, 6.45) is 0.560. The molecule has 0 spiro atoms. The first-order valence-electron chi connectivity index (χ1n) is 6.88. The van der Waals surface area contributed by atoms with Gasteiger partial charge in [-0.1, -0.05) is 13.8 Å². The van der Waals surface area contributed by atoms with E-state index in [0.717, 1.165) is 32.7 Å². The molecule has 1 saturated heterocycles. The first-order valence-corrected chi connectivity index (χ1v) is 6.88. The number of likely N-dealkylation sites (N-methyl/N-ethyl adjacent to an activating group) is 2. The van der Waals surface area contributed by atoms with E-state index >= 15 is 0 Å². The van der Waals surface area contributed by atoms with Crippen molar-refractivity contribution in [2.45, 2.75) is 32.4 Å². The van der Waals surface area contributed by atoms with Gasteiger partial charge in [0.2, 0.25) is 5.91 Å². The lowest BCUT2D eigenvalue weighted by Crippen LogP contribution is -2.54. The highest BCUT2D eigenvalue weighted by atomic mass is 16.1. The summed E-state index contributed by atoms with van der Waals surface area (Å²) in [4.78, 5) is 16.3. The molecule has 0 bridgehead atoms. The van der Waals surface area contributed by atoms with Crippen LogP contribution in [-0.2, 0) is 4.79 Å². The Balaban J connectivity index is 2.16. The standard InChI is InChI=1S/C13H28N4O/c1-11(2)14-6-5-13(18)15-9-12-10-16(3)7-8-17(12)4/h11-12,14H,5-10H2,1-4H3,(H,15,18). The highest BCUT2D eigenvalue weighted by Gasteiger charge is 2.22. The van der Waals surface area contributed by atoms with E-state index in [0.29, 0.717) is 18.5 Å². The second kappa shape index (κ2) is 7.71. The van der Waals surface area contributed by atoms with Gasteiger partial charge in [0, 0.05) is 51.2 Å². The molecule has 18 heavy (non-hydrogen) atoms. The molecule has 0 aromatic carbocycles. The predicted octanol–water partition coefficient (Wildman–Crippen LogP) is -0.263. The topological polar surface area (TPSA) is 47.6 Å². The highest BCUT2D eigenvalue weighted by molar-refractivity contribution is 5.76. The second-order valence-corrected chi connectivity index (χ2v) is 5.56. The van der Waals surface area contributed by atoms with Crippen LogP contribution < -0.4 is 10.6 Å². The maximum absolute atomic E-state index is 11.7. The molecule has 1 unspecified atom stereocenters. The van der Waals surface area contributed by atoms with Crippen molar-refractivity contribution in [2.24, 2.45) is 0 Å². The van der Waals surface area contributed by atoms with Gasteiger partial charge in [0.05, 0.1) is 0 Å². The van der Waals surface area contributed by atoms with Crippen LogP contribution in [0.15, 0.2) is 0 Å². The zero-order chi connectivity index (χ0) is 13.5. The van der Waals surface area contributed by atoms with Gasteiger partial charge in [-0.15, -0.1) is 0 Å². The Bertz CT molecular complexity index is 257. The molecular formula is C13H28N4O. The minimum atomic E-state index is 0.143. The van der Waals surface area contributed by atoms with Crippen LogP contribution in [-0.4, -0.2) is 74.6 Å². The van der Waals surface area contributed by atoms with E-state index in [1.54, 1.807) is 0 Å². The lowest BCUT2D eigenvalue weighted by Gasteiger charge is -2.37. The van der Waals surface area contributed by atoms with Crippen LogP contribution in [0.25, 0.3) is 0 Å². The lowest BCUT2D eigenvalue weighted by atomic mass is 10.2. The molecule has 2 N–H and O–H groups in total. The maximum Gasteiger partial charge on any atom is 0.221 e. The van der Waals surface area contributed by atoms with Crippen LogP contribution in [0, 0.1) is 0 Å². The van der Waals surface area contributed by atoms with Crippen LogP contribution in [0.1, 0.15) is 20.3 Å². The van der Waals surface area contributed by atoms with Crippen LogP contribution in [0.4, 0.5) is 0 Å². The Morgan fingerprint density at radius 3 is 2.72 bits per heavy atom. The van der Waals surface area contributed by atoms with Gasteiger partial charge in [-0.2, -0.15) is 0 Å². The first-order chi connectivity index (χ1) is 8.49. The molecular weight excluding hydrogens is 228 g/mol. The molecule has 0 aliphatic carbocycles. The largest absolute Gasteiger partial charge is 0.354 e. The van der Waals surface area contributed by atoms with E-state index in [2.05, 4.69) is 48.4 Å². The van der Waals surface area contributed by atoms with Crippen molar-refractivity contribution in [2.75, 3.05) is 46.8 Å². The van der Waals surface area contributed by atoms with E-state index in [4.69, 9.17) is 0 Å². The molecule has 1 aliphatic heterocycles. The third kappa shape index (κ3) is 5.80. The zero-order valence-electron chi connectivity index (χ0n) is 12.2. The first kappa shape index (κ1) is 15.4. The average molecular weight is 256 g/mol. The third-order valence-electron chi connectivity index (χ3n) is 3.42. The van der Waals surface area contributed by atoms with Gasteiger partial charge >= 0.3 is 0 Å². The normalized spacial score (nSPS) is 22.4. The summed E-state index contributed by atoms with van der Waals surface area (Å²) >= 11 is 0. The zero-order valence-corrected chi connectivity index (χ0v) is 12.2. The fourth-order valence-electron chi connectivity index (χ4n) is 2.12. The molecule has 106 valence electrons. The van der Waals surface area contributed by atoms with Crippen LogP contribution >= 0.6 is 0 Å². The van der Waals surface area contributed by atoms with E-state index in [1.807, 2.05) is 0 Å². The fourth-order valence-corrected chi connectivity index (χ4v) is 2.12. The van der Waals surface area contributed by atoms with Crippen molar-refractivity contribution in [3.8, 4) is 0 Å². The number of nitrogens with zero attached hydrogens (tertiary/aromatic N) is 2. The summed E-state index contributed by atoms with van der Waals surface area (Å²) < 4.78 is 0. The van der Waals surface area contributed by atoms with Gasteiger partial charge in [0.15, 0.2) is 0 Å². The van der Waals surface area contributed by atoms with Gasteiger partial charge in [-0.3, -0.25) is 9.69 Å². The van der Waals surface area contributed by atoms with Crippen molar-refractivity contribution in [3.05, 3.63) is 0 Å². The summed E-state index contributed by atoms with van der Waals surface area (Å²) in [5.74, 6) is 0.143. The predicted molar refractivity (Wildman–Crippen MR) is 74.7 cm³/mol. The number of rotatable bonds is 6. The molecule has 1 aliphatic rings. The number of nitrogens with one attached hydrogen (secondary N) is 2. The Morgan fingerprint density at radius 1 is 1.33 bits per heavy atom. The third-order valence-corrected chi connectivity index (χ3v) is 3.42. The van der Waals surface area contributed by atoms with E-state index in [9.17, 15) is 4.79 Å². The summed E-state index contributed by atoms with van der Waals surface area (Å²) in [6, 6.07) is 0.877. The Hall–Kier alpha value is -0.650. The molecule has 1 rings (SSSR count). The Labute approximate surface area is 111 Å². The SMILES string of the molecule is CC(C)NCCC(=O)NCC1CN(C)CCN1C. The van der Waals surface area contributed by atoms with Crippen LogP contribution in [0.2, 0.25) is 0 Å². The minimum Gasteiger partial charge on any atom is -0.354 e. The van der Waals surface area contributed by atoms with E-state index in [1.165, 1.54) is 0 Å². The molecule has 0 radical (unpaired) electrons. The van der Waals surface area contributed by atoms with Gasteiger partial charge < -0.3 is 15.5 Å². The Morgan fingerprint density at radius 2 is 2.06 bits per heavy atom. The lowest BCUT2D eigenvalue weighted by molar-refractivity contribution is -0.121. The number of amides is 1. The molecule has 1 atom stereocenters. The molecule has 1 amide bonds. The number of piperazine rings is 1. The summed E-state index contributed by atoms with van der Waals surface area (Å²) in [5, 5.41) is 6.28. The molecule has 5 nitrogen and oxygen atoms in total. The molecule has 5 heteroatoms. The molecule has 0 aromatic heterocycles. The Kier molecular flexibility index (Phi) is 6.60. The van der Waals surface area contributed by atoms with E-state index in [-0.39, 0.29) is 5.91 Å². The number of carbonyl (C=O) groups excluding carboxylic acids is 1. The second-order valence-electron chi connectivity index (χ2n) is 5.56. The van der Waals surface area contributed by atoms with Crippen LogP contribution in [0.5, 0.6) is 0 Å². The summed E-state index contributed by atoms with van der Waals surface area (Å²) in [7, 11) is 4.26. The number of hydrogen-bond acceptors (Lipinski definition) is 4.